The molecule has 0 bridgehead atoms. The molecule has 1 aromatic carbocycles. The van der Waals surface area contributed by atoms with Crippen molar-refractivity contribution in [2.75, 3.05) is 11.2 Å². The van der Waals surface area contributed by atoms with Crippen molar-refractivity contribution < 1.29 is 0 Å². The highest BCUT2D eigenvalue weighted by atomic mass is 79.9. The van der Waals surface area contributed by atoms with Gasteiger partial charge in [0.1, 0.15) is 11.4 Å². The Bertz CT molecular complexity index is 976. The molecule has 3 rings (SSSR count). The summed E-state index contributed by atoms with van der Waals surface area (Å²) in [6.07, 6.45) is 3.05. The van der Waals surface area contributed by atoms with E-state index in [2.05, 4.69) is 31.3 Å². The van der Waals surface area contributed by atoms with E-state index >= 15 is 0 Å². The Labute approximate surface area is 156 Å². The van der Waals surface area contributed by atoms with Gasteiger partial charge in [0.15, 0.2) is 0 Å². The summed E-state index contributed by atoms with van der Waals surface area (Å²) in [4.78, 5) is 21.5. The number of benzene rings is 1. The van der Waals surface area contributed by atoms with Gasteiger partial charge in [0.2, 0.25) is 0 Å². The van der Waals surface area contributed by atoms with Gasteiger partial charge in [0, 0.05) is 10.7 Å². The van der Waals surface area contributed by atoms with E-state index in [9.17, 15) is 4.79 Å². The second kappa shape index (κ2) is 7.13. The molecule has 3 aromatic rings. The van der Waals surface area contributed by atoms with Crippen LogP contribution in [0.25, 0.3) is 10.9 Å². The van der Waals surface area contributed by atoms with E-state index in [0.717, 1.165) is 20.8 Å². The Morgan fingerprint density at radius 3 is 2.88 bits per heavy atom. The Hall–Kier alpha value is -1.57. The molecule has 0 saturated heterocycles. The minimum atomic E-state index is -0.183. The number of hydrogen-bond donors (Lipinski definition) is 1. The molecule has 0 fully saturated rings. The van der Waals surface area contributed by atoms with Gasteiger partial charge in [0.25, 0.3) is 5.56 Å². The van der Waals surface area contributed by atoms with Crippen LogP contribution < -0.4 is 11.0 Å². The molecule has 1 N–H and O–H groups in total. The van der Waals surface area contributed by atoms with Crippen molar-refractivity contribution in [1.29, 1.82) is 0 Å². The zero-order valence-corrected chi connectivity index (χ0v) is 16.2. The van der Waals surface area contributed by atoms with Gasteiger partial charge >= 0.3 is 0 Å². The summed E-state index contributed by atoms with van der Waals surface area (Å²) in [6.45, 7) is 3.97. The summed E-state index contributed by atoms with van der Waals surface area (Å²) in [6, 6.07) is 5.50. The molecule has 5 nitrogen and oxygen atoms in total. The smallest absolute Gasteiger partial charge is 0.280 e. The lowest BCUT2D eigenvalue weighted by Crippen LogP contribution is -2.27. The fourth-order valence-electron chi connectivity index (χ4n) is 2.29. The second-order valence-corrected chi connectivity index (χ2v) is 7.66. The molecule has 0 atom stereocenters. The molecule has 2 heterocycles. The van der Waals surface area contributed by atoms with Crippen molar-refractivity contribution in [3.8, 4) is 0 Å². The number of rotatable bonds is 4. The van der Waals surface area contributed by atoms with Crippen LogP contribution in [0.3, 0.4) is 0 Å². The first-order valence-electron chi connectivity index (χ1n) is 7.22. The Kier molecular flexibility index (Phi) is 5.12. The predicted octanol–water partition coefficient (Wildman–Crippen LogP) is 4.50. The summed E-state index contributed by atoms with van der Waals surface area (Å²) in [7, 11) is 0. The summed E-state index contributed by atoms with van der Waals surface area (Å²) < 4.78 is 2.15. The standard InChI is InChI=1S/C16H14BrClN4OS/c1-3-24-15-13(6-10(18)7-19-15)21-22-8-20-14-11(16(22)23)4-9(2)5-12(14)17/h4-8,21H,3H2,1-2H3. The zero-order chi connectivity index (χ0) is 17.3. The SMILES string of the molecule is CCSc1ncc(Cl)cc1Nn1cnc2c(Br)cc(C)cc2c1=O. The molecule has 0 saturated carbocycles. The summed E-state index contributed by atoms with van der Waals surface area (Å²) in [5, 5.41) is 1.81. The van der Waals surface area contributed by atoms with E-state index in [0.29, 0.717) is 21.6 Å². The van der Waals surface area contributed by atoms with Crippen LogP contribution in [0.4, 0.5) is 5.69 Å². The average molecular weight is 426 g/mol. The number of pyridine rings is 1. The number of nitrogens with zero attached hydrogens (tertiary/aromatic N) is 3. The van der Waals surface area contributed by atoms with Crippen LogP contribution in [-0.2, 0) is 0 Å². The third kappa shape index (κ3) is 3.43. The second-order valence-electron chi connectivity index (χ2n) is 5.11. The van der Waals surface area contributed by atoms with Crippen molar-refractivity contribution in [2.24, 2.45) is 0 Å². The van der Waals surface area contributed by atoms with Gasteiger partial charge in [0.05, 0.1) is 21.6 Å². The van der Waals surface area contributed by atoms with Crippen LogP contribution in [0.1, 0.15) is 12.5 Å². The van der Waals surface area contributed by atoms with Gasteiger partial charge in [-0.3, -0.25) is 10.2 Å². The fourth-order valence-corrected chi connectivity index (χ4v) is 3.79. The van der Waals surface area contributed by atoms with Gasteiger partial charge < -0.3 is 0 Å². The number of fused-ring (bicyclic) bond motifs is 1. The number of nitrogens with one attached hydrogen (secondary N) is 1. The van der Waals surface area contributed by atoms with Crippen molar-refractivity contribution in [3.05, 3.63) is 56.1 Å². The van der Waals surface area contributed by atoms with E-state index in [1.54, 1.807) is 24.0 Å². The fraction of sp³-hybridized carbons (Fsp3) is 0.188. The summed E-state index contributed by atoms with van der Waals surface area (Å²) >= 11 is 11.1. The molecular weight excluding hydrogens is 412 g/mol. The van der Waals surface area contributed by atoms with Crippen LogP contribution in [0.15, 0.2) is 45.0 Å². The first-order chi connectivity index (χ1) is 11.5. The molecule has 0 aliphatic carbocycles. The maximum absolute atomic E-state index is 12.8. The monoisotopic (exact) mass is 424 g/mol. The lowest BCUT2D eigenvalue weighted by molar-refractivity contribution is 0.867. The van der Waals surface area contributed by atoms with Gasteiger partial charge in [-0.05, 0) is 52.4 Å². The molecule has 0 radical (unpaired) electrons. The van der Waals surface area contributed by atoms with Crippen molar-refractivity contribution in [3.63, 3.8) is 0 Å². The number of anilines is 1. The predicted molar refractivity (Wildman–Crippen MR) is 103 cm³/mol. The molecular formula is C16H14BrClN4OS. The molecule has 0 aliphatic heterocycles. The lowest BCUT2D eigenvalue weighted by atomic mass is 10.2. The number of hydrogen-bond acceptors (Lipinski definition) is 5. The highest BCUT2D eigenvalue weighted by molar-refractivity contribution is 9.10. The largest absolute Gasteiger partial charge is 0.287 e. The highest BCUT2D eigenvalue weighted by Gasteiger charge is 2.11. The quantitative estimate of drug-likeness (QED) is 0.624. The zero-order valence-electron chi connectivity index (χ0n) is 13.0. The first kappa shape index (κ1) is 17.3. The Morgan fingerprint density at radius 1 is 1.33 bits per heavy atom. The van der Waals surface area contributed by atoms with E-state index in [-0.39, 0.29) is 5.56 Å². The topological polar surface area (TPSA) is 59.8 Å². The summed E-state index contributed by atoms with van der Waals surface area (Å²) in [5.41, 5.74) is 5.16. The number of aromatic nitrogens is 3. The van der Waals surface area contributed by atoms with E-state index in [4.69, 9.17) is 11.6 Å². The van der Waals surface area contributed by atoms with Gasteiger partial charge in [-0.1, -0.05) is 18.5 Å². The van der Waals surface area contributed by atoms with Crippen LogP contribution in [0, 0.1) is 6.92 Å². The van der Waals surface area contributed by atoms with Crippen molar-refractivity contribution in [2.45, 2.75) is 18.9 Å². The summed E-state index contributed by atoms with van der Waals surface area (Å²) in [5.74, 6) is 0.861. The number of thioether (sulfide) groups is 1. The van der Waals surface area contributed by atoms with Crippen molar-refractivity contribution in [1.82, 2.24) is 14.6 Å². The molecule has 0 unspecified atom stereocenters. The third-order valence-electron chi connectivity index (χ3n) is 3.30. The first-order valence-corrected chi connectivity index (χ1v) is 9.38. The lowest BCUT2D eigenvalue weighted by Gasteiger charge is -2.13. The molecule has 24 heavy (non-hydrogen) atoms. The molecule has 2 aromatic heterocycles. The number of halogens is 2. The normalized spacial score (nSPS) is 11.0. The van der Waals surface area contributed by atoms with E-state index < -0.39 is 0 Å². The molecule has 0 aliphatic rings. The van der Waals surface area contributed by atoms with Gasteiger partial charge in [-0.15, -0.1) is 11.8 Å². The van der Waals surface area contributed by atoms with Crippen LogP contribution >= 0.6 is 39.3 Å². The van der Waals surface area contributed by atoms with Gasteiger partial charge in [-0.25, -0.2) is 14.6 Å². The number of aryl methyl sites for hydroxylation is 1. The Balaban J connectivity index is 2.10. The van der Waals surface area contributed by atoms with E-state index in [1.807, 2.05) is 26.0 Å². The molecule has 0 amide bonds. The average Bonchev–Trinajstić information content (AvgIpc) is 2.53. The maximum Gasteiger partial charge on any atom is 0.280 e. The van der Waals surface area contributed by atoms with E-state index in [1.165, 1.54) is 11.0 Å². The van der Waals surface area contributed by atoms with Crippen LogP contribution in [-0.4, -0.2) is 20.4 Å². The Morgan fingerprint density at radius 2 is 2.12 bits per heavy atom. The third-order valence-corrected chi connectivity index (χ3v) is 5.00. The van der Waals surface area contributed by atoms with Crippen molar-refractivity contribution >= 4 is 55.9 Å². The van der Waals surface area contributed by atoms with Crippen LogP contribution in [0.2, 0.25) is 5.02 Å². The van der Waals surface area contributed by atoms with Crippen LogP contribution in [0.5, 0.6) is 0 Å². The minimum absolute atomic E-state index is 0.183. The maximum atomic E-state index is 12.8. The molecule has 124 valence electrons. The molecule has 0 spiro atoms. The van der Waals surface area contributed by atoms with Gasteiger partial charge in [-0.2, -0.15) is 0 Å². The minimum Gasteiger partial charge on any atom is -0.287 e. The highest BCUT2D eigenvalue weighted by Crippen LogP contribution is 2.27. The molecule has 8 heteroatoms.